The summed E-state index contributed by atoms with van der Waals surface area (Å²) in [7, 11) is 0. The molecule has 0 aromatic heterocycles. The van der Waals surface area contributed by atoms with Crippen LogP contribution < -0.4 is 10.2 Å². The molecular formula is C17H13ClF2N2O2. The average Bonchev–Trinajstić information content (AvgIpc) is 2.92. The maximum absolute atomic E-state index is 13.6. The first-order valence-electron chi connectivity index (χ1n) is 7.28. The Balaban J connectivity index is 1.74. The molecule has 0 unspecified atom stereocenters. The minimum Gasteiger partial charge on any atom is -0.323 e. The highest BCUT2D eigenvalue weighted by Gasteiger charge is 2.37. The zero-order chi connectivity index (χ0) is 17.3. The number of benzene rings is 2. The number of nitrogens with zero attached hydrogens (tertiary/aromatic N) is 1. The second kappa shape index (κ2) is 6.57. The molecule has 1 fully saturated rings. The summed E-state index contributed by atoms with van der Waals surface area (Å²) >= 11 is 5.92. The van der Waals surface area contributed by atoms with Gasteiger partial charge < -0.3 is 10.2 Å². The van der Waals surface area contributed by atoms with Gasteiger partial charge in [0.25, 0.3) is 0 Å². The van der Waals surface area contributed by atoms with Crippen molar-refractivity contribution in [1.82, 2.24) is 0 Å². The highest BCUT2D eigenvalue weighted by atomic mass is 35.5. The molecule has 1 saturated heterocycles. The molecule has 1 heterocycles. The number of anilines is 2. The third kappa shape index (κ3) is 3.23. The van der Waals surface area contributed by atoms with Gasteiger partial charge in [0, 0.05) is 23.3 Å². The molecule has 1 aliphatic heterocycles. The average molecular weight is 351 g/mol. The summed E-state index contributed by atoms with van der Waals surface area (Å²) in [6, 6.07) is 9.59. The van der Waals surface area contributed by atoms with Crippen molar-refractivity contribution in [3.8, 4) is 0 Å². The Labute approximate surface area is 142 Å². The molecule has 3 rings (SSSR count). The molecule has 124 valence electrons. The van der Waals surface area contributed by atoms with Crippen molar-refractivity contribution in [2.45, 2.75) is 6.42 Å². The lowest BCUT2D eigenvalue weighted by atomic mass is 10.1. The van der Waals surface area contributed by atoms with Crippen LogP contribution in [0.1, 0.15) is 6.42 Å². The van der Waals surface area contributed by atoms with E-state index in [0.29, 0.717) is 29.7 Å². The molecule has 24 heavy (non-hydrogen) atoms. The Morgan fingerprint density at radius 3 is 2.71 bits per heavy atom. The van der Waals surface area contributed by atoms with Crippen LogP contribution in [0.25, 0.3) is 0 Å². The number of carbonyl (C=O) groups is 2. The van der Waals surface area contributed by atoms with E-state index in [0.717, 1.165) is 12.1 Å². The zero-order valence-corrected chi connectivity index (χ0v) is 13.2. The molecule has 2 amide bonds. The lowest BCUT2D eigenvalue weighted by Gasteiger charge is -2.17. The van der Waals surface area contributed by atoms with Gasteiger partial charge in [-0.2, -0.15) is 0 Å². The predicted molar refractivity (Wildman–Crippen MR) is 86.9 cm³/mol. The molecule has 2 aromatic carbocycles. The molecule has 7 heteroatoms. The molecule has 0 spiro atoms. The van der Waals surface area contributed by atoms with Crippen LogP contribution in [-0.4, -0.2) is 18.4 Å². The number of hydrogen-bond acceptors (Lipinski definition) is 2. The van der Waals surface area contributed by atoms with Crippen LogP contribution in [0.15, 0.2) is 42.5 Å². The molecule has 1 aliphatic rings. The minimum atomic E-state index is -0.923. The second-order valence-corrected chi connectivity index (χ2v) is 5.86. The summed E-state index contributed by atoms with van der Waals surface area (Å²) < 4.78 is 26.5. The molecule has 0 saturated carbocycles. The van der Waals surface area contributed by atoms with E-state index in [2.05, 4.69) is 5.32 Å². The SMILES string of the molecule is O=C(Nc1ccc(F)cc1F)[C@H]1CCN(c2cccc(Cl)c2)C1=O. The number of halogens is 3. The van der Waals surface area contributed by atoms with Crippen LogP contribution in [0.5, 0.6) is 0 Å². The lowest BCUT2D eigenvalue weighted by molar-refractivity contribution is -0.129. The molecule has 1 N–H and O–H groups in total. The number of carbonyl (C=O) groups excluding carboxylic acids is 2. The standard InChI is InChI=1S/C17H13ClF2N2O2/c18-10-2-1-3-12(8-10)22-7-6-13(17(22)24)16(23)21-15-5-4-11(19)9-14(15)20/h1-5,8-9,13H,6-7H2,(H,21,23)/t13-/m1/s1. The summed E-state index contributed by atoms with van der Waals surface area (Å²) in [6.07, 6.45) is 0.306. The fourth-order valence-electron chi connectivity index (χ4n) is 2.63. The fourth-order valence-corrected chi connectivity index (χ4v) is 2.82. The highest BCUT2D eigenvalue weighted by Crippen LogP contribution is 2.28. The largest absolute Gasteiger partial charge is 0.323 e. The summed E-state index contributed by atoms with van der Waals surface area (Å²) in [4.78, 5) is 26.2. The van der Waals surface area contributed by atoms with Crippen molar-refractivity contribution < 1.29 is 18.4 Å². The van der Waals surface area contributed by atoms with Crippen LogP contribution in [0.2, 0.25) is 5.02 Å². The minimum absolute atomic E-state index is 0.157. The summed E-state index contributed by atoms with van der Waals surface area (Å²) in [6.45, 7) is 0.364. The maximum atomic E-state index is 13.6. The molecule has 2 aromatic rings. The number of hydrogen-bond donors (Lipinski definition) is 1. The van der Waals surface area contributed by atoms with E-state index in [1.54, 1.807) is 24.3 Å². The smallest absolute Gasteiger partial charge is 0.239 e. The normalized spacial score (nSPS) is 17.2. The molecule has 4 nitrogen and oxygen atoms in total. The van der Waals surface area contributed by atoms with E-state index in [1.807, 2.05) is 0 Å². The summed E-state index contributed by atoms with van der Waals surface area (Å²) in [5.74, 6) is -3.55. The summed E-state index contributed by atoms with van der Waals surface area (Å²) in [5, 5.41) is 2.83. The Bertz CT molecular complexity index is 813. The van der Waals surface area contributed by atoms with E-state index < -0.39 is 23.5 Å². The number of amides is 2. The van der Waals surface area contributed by atoms with Crippen molar-refractivity contribution >= 4 is 34.8 Å². The van der Waals surface area contributed by atoms with Crippen LogP contribution in [0.4, 0.5) is 20.2 Å². The number of nitrogens with one attached hydrogen (secondary N) is 1. The van der Waals surface area contributed by atoms with Crippen LogP contribution >= 0.6 is 11.6 Å². The Kier molecular flexibility index (Phi) is 4.49. The molecule has 0 radical (unpaired) electrons. The van der Waals surface area contributed by atoms with Crippen molar-refractivity contribution in [3.63, 3.8) is 0 Å². The van der Waals surface area contributed by atoms with Gasteiger partial charge in [0.15, 0.2) is 0 Å². The van der Waals surface area contributed by atoms with Gasteiger partial charge in [-0.1, -0.05) is 17.7 Å². The van der Waals surface area contributed by atoms with E-state index in [1.165, 1.54) is 4.90 Å². The molecule has 0 aliphatic carbocycles. The number of rotatable bonds is 3. The van der Waals surface area contributed by atoms with Gasteiger partial charge in [-0.3, -0.25) is 9.59 Å². The van der Waals surface area contributed by atoms with Crippen molar-refractivity contribution in [1.29, 1.82) is 0 Å². The van der Waals surface area contributed by atoms with E-state index in [9.17, 15) is 18.4 Å². The monoisotopic (exact) mass is 350 g/mol. The maximum Gasteiger partial charge on any atom is 0.239 e. The van der Waals surface area contributed by atoms with E-state index in [4.69, 9.17) is 11.6 Å². The van der Waals surface area contributed by atoms with E-state index in [-0.39, 0.29) is 11.6 Å². The van der Waals surface area contributed by atoms with Crippen LogP contribution in [-0.2, 0) is 9.59 Å². The summed E-state index contributed by atoms with van der Waals surface area (Å²) in [5.41, 5.74) is 0.450. The topological polar surface area (TPSA) is 49.4 Å². The van der Waals surface area contributed by atoms with Crippen molar-refractivity contribution in [3.05, 3.63) is 59.1 Å². The quantitative estimate of drug-likeness (QED) is 0.860. The first-order chi connectivity index (χ1) is 11.5. The predicted octanol–water partition coefficient (Wildman–Crippen LogP) is 3.61. The Morgan fingerprint density at radius 1 is 1.21 bits per heavy atom. The fraction of sp³-hybridized carbons (Fsp3) is 0.176. The first kappa shape index (κ1) is 16.4. The lowest BCUT2D eigenvalue weighted by Crippen LogP contribution is -2.33. The molecule has 1 atom stereocenters. The first-order valence-corrected chi connectivity index (χ1v) is 7.66. The molecular weight excluding hydrogens is 338 g/mol. The van der Waals surface area contributed by atoms with Crippen molar-refractivity contribution in [2.24, 2.45) is 5.92 Å². The van der Waals surface area contributed by atoms with Gasteiger partial charge in [-0.05, 0) is 36.8 Å². The van der Waals surface area contributed by atoms with Gasteiger partial charge in [0.05, 0.1) is 5.69 Å². The van der Waals surface area contributed by atoms with Gasteiger partial charge in [-0.25, -0.2) is 8.78 Å². The zero-order valence-electron chi connectivity index (χ0n) is 12.4. The Hall–Kier alpha value is -2.47. The van der Waals surface area contributed by atoms with Gasteiger partial charge in [-0.15, -0.1) is 0 Å². The van der Waals surface area contributed by atoms with Crippen molar-refractivity contribution in [2.75, 3.05) is 16.8 Å². The highest BCUT2D eigenvalue weighted by molar-refractivity contribution is 6.31. The van der Waals surface area contributed by atoms with Gasteiger partial charge in [0.1, 0.15) is 17.6 Å². The van der Waals surface area contributed by atoms with Gasteiger partial charge in [0.2, 0.25) is 11.8 Å². The Morgan fingerprint density at radius 2 is 2.00 bits per heavy atom. The third-order valence-electron chi connectivity index (χ3n) is 3.83. The third-order valence-corrected chi connectivity index (χ3v) is 4.07. The second-order valence-electron chi connectivity index (χ2n) is 5.42. The van der Waals surface area contributed by atoms with E-state index >= 15 is 0 Å². The molecule has 0 bridgehead atoms. The van der Waals surface area contributed by atoms with Gasteiger partial charge >= 0.3 is 0 Å². The van der Waals surface area contributed by atoms with Crippen LogP contribution in [0.3, 0.4) is 0 Å². The van der Waals surface area contributed by atoms with Crippen LogP contribution in [0, 0.1) is 17.6 Å².